The van der Waals surface area contributed by atoms with E-state index in [0.717, 1.165) is 5.69 Å². The zero-order chi connectivity index (χ0) is 33.0. The van der Waals surface area contributed by atoms with Crippen molar-refractivity contribution in [3.8, 4) is 50.2 Å². The lowest BCUT2D eigenvalue weighted by Gasteiger charge is -2.12. The quantitative estimate of drug-likeness (QED) is 0.174. The maximum atomic E-state index is 2.45. The van der Waals surface area contributed by atoms with Crippen molar-refractivity contribution in [3.63, 3.8) is 0 Å². The van der Waals surface area contributed by atoms with Gasteiger partial charge in [0.25, 0.3) is 0 Å². The zero-order valence-corrected chi connectivity index (χ0v) is 28.1. The first-order valence-corrected chi connectivity index (χ1v) is 17.9. The van der Waals surface area contributed by atoms with Gasteiger partial charge in [-0.3, -0.25) is 0 Å². The molecule has 2 aromatic heterocycles. The molecule has 1 nitrogen and oxygen atoms in total. The van der Waals surface area contributed by atoms with E-state index in [9.17, 15) is 0 Å². The van der Waals surface area contributed by atoms with Gasteiger partial charge in [0.05, 0.1) is 11.0 Å². The third-order valence-electron chi connectivity index (χ3n) is 10.0. The van der Waals surface area contributed by atoms with Crippen LogP contribution in [0.3, 0.4) is 0 Å². The van der Waals surface area contributed by atoms with Crippen LogP contribution in [0.4, 0.5) is 0 Å². The molecule has 0 N–H and O–H groups in total. The molecule has 0 spiro atoms. The number of fused-ring (bicyclic) bond motifs is 6. The summed E-state index contributed by atoms with van der Waals surface area (Å²) < 4.78 is 5.12. The molecule has 0 aliphatic rings. The molecule has 0 aliphatic heterocycles. The van der Waals surface area contributed by atoms with E-state index < -0.39 is 0 Å². The first-order chi connectivity index (χ1) is 24.8. The number of rotatable bonds is 5. The van der Waals surface area contributed by atoms with Crippen molar-refractivity contribution >= 4 is 53.3 Å². The van der Waals surface area contributed by atoms with Gasteiger partial charge in [-0.05, 0) is 87.0 Å². The largest absolute Gasteiger partial charge is 0.309 e. The Kier molecular flexibility index (Phi) is 6.75. The van der Waals surface area contributed by atoms with Crippen molar-refractivity contribution in [2.24, 2.45) is 0 Å². The van der Waals surface area contributed by atoms with E-state index in [-0.39, 0.29) is 0 Å². The van der Waals surface area contributed by atoms with Crippen molar-refractivity contribution in [2.45, 2.75) is 0 Å². The van der Waals surface area contributed by atoms with E-state index in [2.05, 4.69) is 193 Å². The van der Waals surface area contributed by atoms with E-state index in [1.54, 1.807) is 0 Å². The maximum absolute atomic E-state index is 2.45. The summed E-state index contributed by atoms with van der Waals surface area (Å²) in [4.78, 5) is 0. The minimum absolute atomic E-state index is 1.15. The van der Waals surface area contributed by atoms with E-state index in [1.165, 1.54) is 86.5 Å². The molecule has 0 atom stereocenters. The molecule has 0 radical (unpaired) electrons. The molecule has 0 amide bonds. The highest BCUT2D eigenvalue weighted by atomic mass is 32.1. The van der Waals surface area contributed by atoms with Crippen LogP contribution in [0, 0.1) is 0 Å². The Bertz CT molecular complexity index is 2740. The second-order valence-electron chi connectivity index (χ2n) is 13.0. The Labute approximate surface area is 295 Å². The van der Waals surface area contributed by atoms with Gasteiger partial charge in [0, 0.05) is 36.6 Å². The smallest absolute Gasteiger partial charge is 0.0547 e. The molecular formula is C48H31NS. The average molecular weight is 654 g/mol. The molecule has 2 heteroatoms. The summed E-state index contributed by atoms with van der Waals surface area (Å²) in [6.45, 7) is 0. The van der Waals surface area contributed by atoms with Gasteiger partial charge in [-0.2, -0.15) is 0 Å². The Balaban J connectivity index is 1.09. The molecule has 0 fully saturated rings. The summed E-state index contributed by atoms with van der Waals surface area (Å²) in [7, 11) is 0. The molecular weight excluding hydrogens is 623 g/mol. The maximum Gasteiger partial charge on any atom is 0.0547 e. The first kappa shape index (κ1) is 28.8. The zero-order valence-electron chi connectivity index (χ0n) is 27.3. The molecule has 8 aromatic carbocycles. The fourth-order valence-electron chi connectivity index (χ4n) is 7.50. The van der Waals surface area contributed by atoms with Crippen molar-refractivity contribution < 1.29 is 0 Å². The van der Waals surface area contributed by atoms with E-state index in [1.807, 2.05) is 11.3 Å². The Morgan fingerprint density at radius 2 is 0.740 bits per heavy atom. The molecule has 234 valence electrons. The fraction of sp³-hybridized carbons (Fsp3) is 0. The molecule has 50 heavy (non-hydrogen) atoms. The second kappa shape index (κ2) is 11.7. The Morgan fingerprint density at radius 1 is 0.280 bits per heavy atom. The van der Waals surface area contributed by atoms with Crippen LogP contribution in [-0.2, 0) is 0 Å². The molecule has 10 rings (SSSR count). The molecule has 0 saturated carbocycles. The highest BCUT2D eigenvalue weighted by Gasteiger charge is 2.16. The molecule has 10 aromatic rings. The van der Waals surface area contributed by atoms with Gasteiger partial charge in [0.1, 0.15) is 0 Å². The number of aromatic nitrogens is 1. The Morgan fingerprint density at radius 3 is 1.38 bits per heavy atom. The lowest BCUT2D eigenvalue weighted by molar-refractivity contribution is 1.18. The van der Waals surface area contributed by atoms with Crippen LogP contribution in [-0.4, -0.2) is 4.57 Å². The summed E-state index contributed by atoms with van der Waals surface area (Å²) in [5, 5.41) is 5.17. The minimum Gasteiger partial charge on any atom is -0.309 e. The summed E-state index contributed by atoms with van der Waals surface area (Å²) in [5.74, 6) is 0. The van der Waals surface area contributed by atoms with E-state index in [0.29, 0.717) is 0 Å². The summed E-state index contributed by atoms with van der Waals surface area (Å²) in [6, 6.07) is 68.7. The molecule has 0 saturated heterocycles. The lowest BCUT2D eigenvalue weighted by atomic mass is 9.99. The van der Waals surface area contributed by atoms with Gasteiger partial charge in [-0.25, -0.2) is 0 Å². The highest BCUT2D eigenvalue weighted by molar-refractivity contribution is 7.25. The van der Waals surface area contributed by atoms with E-state index in [4.69, 9.17) is 0 Å². The van der Waals surface area contributed by atoms with Crippen LogP contribution >= 0.6 is 11.3 Å². The van der Waals surface area contributed by atoms with Gasteiger partial charge in [0.15, 0.2) is 0 Å². The first-order valence-electron chi connectivity index (χ1n) is 17.1. The van der Waals surface area contributed by atoms with Gasteiger partial charge in [-0.15, -0.1) is 11.3 Å². The van der Waals surface area contributed by atoms with Gasteiger partial charge in [-0.1, -0.05) is 146 Å². The normalized spacial score (nSPS) is 11.6. The summed E-state index contributed by atoms with van der Waals surface area (Å²) in [5.41, 5.74) is 13.3. The van der Waals surface area contributed by atoms with Crippen molar-refractivity contribution in [1.82, 2.24) is 4.57 Å². The predicted molar refractivity (Wildman–Crippen MR) is 215 cm³/mol. The van der Waals surface area contributed by atoms with Crippen LogP contribution in [0.1, 0.15) is 0 Å². The van der Waals surface area contributed by atoms with Crippen molar-refractivity contribution in [2.75, 3.05) is 0 Å². The number of nitrogens with zero attached hydrogens (tertiary/aromatic N) is 1. The minimum atomic E-state index is 1.15. The molecule has 0 bridgehead atoms. The van der Waals surface area contributed by atoms with Gasteiger partial charge >= 0.3 is 0 Å². The second-order valence-corrected chi connectivity index (χ2v) is 14.1. The number of thiophene rings is 1. The summed E-state index contributed by atoms with van der Waals surface area (Å²) >= 11 is 1.86. The van der Waals surface area contributed by atoms with Crippen LogP contribution in [0.2, 0.25) is 0 Å². The topological polar surface area (TPSA) is 4.93 Å². The van der Waals surface area contributed by atoms with Crippen LogP contribution in [0.15, 0.2) is 188 Å². The number of benzene rings is 8. The number of hydrogen-bond donors (Lipinski definition) is 0. The monoisotopic (exact) mass is 653 g/mol. The molecule has 0 unspecified atom stereocenters. The SMILES string of the molecule is c1ccc(-c2ccc3c4ccc(-c5ccccc5)cc4n(-c4cccc(-c5ccc(-c6ccc7sc8ccccc8c7c6)cc5)c4)c3c2)cc1. The van der Waals surface area contributed by atoms with Gasteiger partial charge in [0.2, 0.25) is 0 Å². The third-order valence-corrected chi connectivity index (χ3v) is 11.2. The van der Waals surface area contributed by atoms with Crippen molar-refractivity contribution in [3.05, 3.63) is 188 Å². The standard InChI is InChI=1S/C48H31NS/c1-3-10-32(11-4-1)38-22-25-41-42-26-23-39(33-12-5-2-6-13-33)31-46(42)49(45(41)30-38)40-15-9-14-36(28-40)34-18-20-35(21-19-34)37-24-27-48-44(29-37)43-16-7-8-17-47(43)50-48/h1-31H. The fourth-order valence-corrected chi connectivity index (χ4v) is 8.59. The van der Waals surface area contributed by atoms with Crippen LogP contribution in [0.25, 0.3) is 92.2 Å². The average Bonchev–Trinajstić information content (AvgIpc) is 3.73. The third kappa shape index (κ3) is 4.84. The summed E-state index contributed by atoms with van der Waals surface area (Å²) in [6.07, 6.45) is 0. The predicted octanol–water partition coefficient (Wildman–Crippen LogP) is 13.8. The van der Waals surface area contributed by atoms with Gasteiger partial charge < -0.3 is 4.57 Å². The lowest BCUT2D eigenvalue weighted by Crippen LogP contribution is -1.95. The highest BCUT2D eigenvalue weighted by Crippen LogP contribution is 2.39. The molecule has 2 heterocycles. The van der Waals surface area contributed by atoms with Crippen LogP contribution < -0.4 is 0 Å². The van der Waals surface area contributed by atoms with Crippen LogP contribution in [0.5, 0.6) is 0 Å². The number of hydrogen-bond acceptors (Lipinski definition) is 1. The van der Waals surface area contributed by atoms with Crippen molar-refractivity contribution in [1.29, 1.82) is 0 Å². The Hall–Kier alpha value is -6.22. The molecule has 0 aliphatic carbocycles. The van der Waals surface area contributed by atoms with E-state index >= 15 is 0 Å².